The minimum atomic E-state index is -0.0365. The maximum Gasteiger partial charge on any atom is 0.213 e. The van der Waals surface area contributed by atoms with E-state index >= 15 is 0 Å². The van der Waals surface area contributed by atoms with Gasteiger partial charge in [-0.2, -0.15) is 5.10 Å². The maximum absolute atomic E-state index is 8.11. The van der Waals surface area contributed by atoms with Crippen LogP contribution in [0.1, 0.15) is 11.4 Å². The average molecular weight is 185 g/mol. The number of aryl methyl sites for hydroxylation is 2. The second-order valence-electron chi connectivity index (χ2n) is 2.31. The van der Waals surface area contributed by atoms with Crippen LogP contribution in [0.25, 0.3) is 0 Å². The Morgan fingerprint density at radius 1 is 1.77 bits per heavy atom. The zero-order chi connectivity index (χ0) is 10.4. The van der Waals surface area contributed by atoms with Crippen molar-refractivity contribution in [3.63, 3.8) is 0 Å². The second-order valence-corrected chi connectivity index (χ2v) is 2.31. The third-order valence-electron chi connectivity index (χ3n) is 1.24. The van der Waals surface area contributed by atoms with E-state index in [0.29, 0.717) is 0 Å². The number of nitrogen functional groups attached to an aromatic ring is 1. The fourth-order valence-electron chi connectivity index (χ4n) is 0.873. The molecular formula is C6H11N5O2. The van der Waals surface area contributed by atoms with Gasteiger partial charge in [-0.15, -0.1) is 4.91 Å². The van der Waals surface area contributed by atoms with Gasteiger partial charge in [0.25, 0.3) is 0 Å². The molecule has 0 aliphatic heterocycles. The molecule has 0 saturated heterocycles. The van der Waals surface area contributed by atoms with Gasteiger partial charge in [0.2, 0.25) is 5.96 Å². The van der Waals surface area contributed by atoms with Crippen molar-refractivity contribution in [3.05, 3.63) is 22.4 Å². The van der Waals surface area contributed by atoms with Crippen molar-refractivity contribution >= 4 is 5.96 Å². The SMILES string of the molecule is Cc1cc(C)n(C(=N)N)n1.O=NO. The molecule has 13 heavy (non-hydrogen) atoms. The lowest BCUT2D eigenvalue weighted by molar-refractivity contribution is 0.312. The van der Waals surface area contributed by atoms with Gasteiger partial charge < -0.3 is 10.9 Å². The monoisotopic (exact) mass is 185 g/mol. The van der Waals surface area contributed by atoms with Gasteiger partial charge in [-0.3, -0.25) is 5.41 Å². The van der Waals surface area contributed by atoms with Gasteiger partial charge in [-0.25, -0.2) is 4.68 Å². The van der Waals surface area contributed by atoms with Crippen LogP contribution < -0.4 is 5.73 Å². The van der Waals surface area contributed by atoms with Crippen molar-refractivity contribution in [2.24, 2.45) is 11.1 Å². The fourth-order valence-corrected chi connectivity index (χ4v) is 0.873. The van der Waals surface area contributed by atoms with Gasteiger partial charge in [0, 0.05) is 5.69 Å². The van der Waals surface area contributed by atoms with E-state index in [1.807, 2.05) is 19.9 Å². The van der Waals surface area contributed by atoms with Crippen molar-refractivity contribution in [2.45, 2.75) is 13.8 Å². The summed E-state index contributed by atoms with van der Waals surface area (Å²) in [7, 11) is 0. The van der Waals surface area contributed by atoms with Crippen LogP contribution in [0.3, 0.4) is 0 Å². The molecule has 0 amide bonds. The standard InChI is InChI=1S/C6H10N4.HNO2/c1-4-3-5(2)10(9-4)6(7)8;2-1-3/h3H,1-2H3,(H3,7,8);(H,2,3). The summed E-state index contributed by atoms with van der Waals surface area (Å²) in [5.41, 5.74) is 6.99. The summed E-state index contributed by atoms with van der Waals surface area (Å²) in [5.74, 6) is -0.0365. The Bertz CT molecular complexity index is 306. The summed E-state index contributed by atoms with van der Waals surface area (Å²) in [6.45, 7) is 3.73. The van der Waals surface area contributed by atoms with E-state index in [1.165, 1.54) is 10.0 Å². The lowest BCUT2D eigenvalue weighted by Crippen LogP contribution is -2.22. The Balaban J connectivity index is 0.000000424. The van der Waals surface area contributed by atoms with Crippen LogP contribution in [0.2, 0.25) is 0 Å². The molecule has 4 N–H and O–H groups in total. The zero-order valence-corrected chi connectivity index (χ0v) is 7.35. The molecule has 0 aromatic carbocycles. The molecule has 72 valence electrons. The van der Waals surface area contributed by atoms with E-state index in [0.717, 1.165) is 11.4 Å². The molecule has 0 spiro atoms. The lowest BCUT2D eigenvalue weighted by atomic mass is 10.4. The van der Waals surface area contributed by atoms with E-state index in [4.69, 9.17) is 21.3 Å². The quantitative estimate of drug-likeness (QED) is 0.234. The van der Waals surface area contributed by atoms with Gasteiger partial charge in [0.1, 0.15) is 0 Å². The molecule has 0 aliphatic carbocycles. The molecule has 7 heteroatoms. The van der Waals surface area contributed by atoms with Gasteiger partial charge in [0.05, 0.1) is 5.69 Å². The minimum Gasteiger partial charge on any atom is -0.379 e. The fraction of sp³-hybridized carbons (Fsp3) is 0.333. The van der Waals surface area contributed by atoms with E-state index in [2.05, 4.69) is 5.10 Å². The first-order valence-corrected chi connectivity index (χ1v) is 3.37. The van der Waals surface area contributed by atoms with Crippen LogP contribution >= 0.6 is 0 Å². The molecule has 1 aromatic rings. The molecule has 0 fully saturated rings. The summed E-state index contributed by atoms with van der Waals surface area (Å²) in [6, 6.07) is 1.88. The van der Waals surface area contributed by atoms with Gasteiger partial charge in [0.15, 0.2) is 5.34 Å². The van der Waals surface area contributed by atoms with Crippen LogP contribution in [0.5, 0.6) is 0 Å². The van der Waals surface area contributed by atoms with E-state index in [-0.39, 0.29) is 5.96 Å². The summed E-state index contributed by atoms with van der Waals surface area (Å²) < 4.78 is 1.40. The van der Waals surface area contributed by atoms with Crippen LogP contribution in [-0.2, 0) is 0 Å². The first-order valence-electron chi connectivity index (χ1n) is 3.37. The first kappa shape index (κ1) is 11.1. The molecule has 0 aliphatic rings. The predicted octanol–water partition coefficient (Wildman–Crippen LogP) is 0.384. The zero-order valence-electron chi connectivity index (χ0n) is 7.35. The van der Waals surface area contributed by atoms with Crippen molar-refractivity contribution < 1.29 is 5.21 Å². The normalized spacial score (nSPS) is 8.46. The van der Waals surface area contributed by atoms with Crippen molar-refractivity contribution in [3.8, 4) is 0 Å². The predicted molar refractivity (Wildman–Crippen MR) is 46.6 cm³/mol. The maximum atomic E-state index is 8.11. The molecule has 0 saturated carbocycles. The molecule has 7 nitrogen and oxygen atoms in total. The van der Waals surface area contributed by atoms with E-state index in [1.54, 1.807) is 0 Å². The Labute approximate surface area is 74.6 Å². The number of aromatic nitrogens is 2. The number of hydrogen-bond acceptors (Lipinski definition) is 4. The molecule has 0 atom stereocenters. The molecular weight excluding hydrogens is 174 g/mol. The number of nitrogens with zero attached hydrogens (tertiary/aromatic N) is 3. The average Bonchev–Trinajstić information content (AvgIpc) is 2.31. The highest BCUT2D eigenvalue weighted by Gasteiger charge is 2.00. The highest BCUT2D eigenvalue weighted by molar-refractivity contribution is 5.76. The molecule has 0 bridgehead atoms. The number of nitrogens with one attached hydrogen (secondary N) is 1. The van der Waals surface area contributed by atoms with Crippen molar-refractivity contribution in [2.75, 3.05) is 0 Å². The Hall–Kier alpha value is -1.92. The Kier molecular flexibility index (Phi) is 4.14. The Morgan fingerprint density at radius 2 is 2.23 bits per heavy atom. The molecule has 1 aromatic heterocycles. The molecule has 0 radical (unpaired) electrons. The van der Waals surface area contributed by atoms with Crippen LogP contribution in [0.4, 0.5) is 0 Å². The van der Waals surface area contributed by atoms with E-state index < -0.39 is 0 Å². The topological polar surface area (TPSA) is 117 Å². The van der Waals surface area contributed by atoms with Gasteiger partial charge >= 0.3 is 0 Å². The van der Waals surface area contributed by atoms with E-state index in [9.17, 15) is 0 Å². The highest BCUT2D eigenvalue weighted by atomic mass is 16.6. The first-order chi connectivity index (χ1) is 6.02. The van der Waals surface area contributed by atoms with Gasteiger partial charge in [-0.05, 0) is 19.9 Å². The van der Waals surface area contributed by atoms with Crippen LogP contribution in [-0.4, -0.2) is 20.9 Å². The number of hydrogen-bond donors (Lipinski definition) is 3. The smallest absolute Gasteiger partial charge is 0.213 e. The minimum absolute atomic E-state index is 0.0365. The summed E-state index contributed by atoms with van der Waals surface area (Å²) in [6.07, 6.45) is 0. The number of nitrogens with two attached hydrogens (primary N) is 1. The van der Waals surface area contributed by atoms with Crippen LogP contribution in [0.15, 0.2) is 11.4 Å². The Morgan fingerprint density at radius 3 is 2.38 bits per heavy atom. The molecule has 1 rings (SSSR count). The summed E-state index contributed by atoms with van der Waals surface area (Å²) >= 11 is 0. The lowest BCUT2D eigenvalue weighted by Gasteiger charge is -1.97. The summed E-state index contributed by atoms with van der Waals surface area (Å²) in [5, 5.41) is 18.9. The second kappa shape index (κ2) is 4.86. The number of rotatable bonds is 0. The third-order valence-corrected chi connectivity index (χ3v) is 1.24. The van der Waals surface area contributed by atoms with Gasteiger partial charge in [-0.1, -0.05) is 0 Å². The van der Waals surface area contributed by atoms with Crippen LogP contribution in [0, 0.1) is 24.2 Å². The largest absolute Gasteiger partial charge is 0.379 e. The third kappa shape index (κ3) is 3.32. The summed E-state index contributed by atoms with van der Waals surface area (Å²) in [4.78, 5) is 8.11. The molecule has 1 heterocycles. The highest BCUT2D eigenvalue weighted by Crippen LogP contribution is 1.98. The van der Waals surface area contributed by atoms with Crippen molar-refractivity contribution in [1.82, 2.24) is 9.78 Å². The molecule has 0 unspecified atom stereocenters. The van der Waals surface area contributed by atoms with Crippen molar-refractivity contribution in [1.29, 1.82) is 5.41 Å².